The van der Waals surface area contributed by atoms with Crippen LogP contribution in [0.2, 0.25) is 0 Å². The van der Waals surface area contributed by atoms with Crippen molar-refractivity contribution in [2.45, 2.75) is 44.6 Å². The maximum absolute atomic E-state index is 14.3. The maximum atomic E-state index is 14.3. The van der Waals surface area contributed by atoms with Crippen molar-refractivity contribution in [1.82, 2.24) is 19.4 Å². The van der Waals surface area contributed by atoms with Crippen molar-refractivity contribution in [2.75, 3.05) is 26.8 Å². The maximum Gasteiger partial charge on any atom is 0.337 e. The molecule has 4 atom stereocenters. The molecule has 10 heteroatoms. The van der Waals surface area contributed by atoms with E-state index in [4.69, 9.17) is 29.4 Å². The molecule has 2 unspecified atom stereocenters. The summed E-state index contributed by atoms with van der Waals surface area (Å²) in [7, 11) is 1.39. The molecule has 1 saturated carbocycles. The van der Waals surface area contributed by atoms with Crippen LogP contribution >= 0.6 is 0 Å². The molecule has 0 bridgehead atoms. The summed E-state index contributed by atoms with van der Waals surface area (Å²) in [4.78, 5) is 24.4. The van der Waals surface area contributed by atoms with Crippen LogP contribution in [0.25, 0.3) is 11.0 Å². The second-order valence-corrected chi connectivity index (χ2v) is 11.6. The molecule has 2 aromatic heterocycles. The number of benzene rings is 2. The van der Waals surface area contributed by atoms with Crippen LogP contribution in [0.4, 0.5) is 4.39 Å². The Labute approximate surface area is 248 Å². The van der Waals surface area contributed by atoms with Gasteiger partial charge in [-0.15, -0.1) is 0 Å². The van der Waals surface area contributed by atoms with Gasteiger partial charge in [0, 0.05) is 42.9 Å². The van der Waals surface area contributed by atoms with Gasteiger partial charge < -0.3 is 18.8 Å². The van der Waals surface area contributed by atoms with Gasteiger partial charge in [0.1, 0.15) is 18.2 Å². The fourth-order valence-corrected chi connectivity index (χ4v) is 6.70. The Morgan fingerprint density at radius 2 is 2.00 bits per heavy atom. The number of hydrogen-bond acceptors (Lipinski definition) is 8. The highest BCUT2D eigenvalue weighted by atomic mass is 19.1. The van der Waals surface area contributed by atoms with E-state index in [1.54, 1.807) is 24.3 Å². The largest absolute Gasteiger partial charge is 0.473 e. The first kappa shape index (κ1) is 27.5. The summed E-state index contributed by atoms with van der Waals surface area (Å²) in [6, 6.07) is 17.6. The summed E-state index contributed by atoms with van der Waals surface area (Å²) in [6.45, 7) is 4.17. The minimum absolute atomic E-state index is 0.0489. The lowest BCUT2D eigenvalue weighted by Gasteiger charge is -2.21. The molecule has 220 valence electrons. The number of esters is 1. The van der Waals surface area contributed by atoms with Gasteiger partial charge in [0.2, 0.25) is 5.88 Å². The lowest BCUT2D eigenvalue weighted by molar-refractivity contribution is 0.0601. The normalized spacial score (nSPS) is 22.8. The predicted octanol–water partition coefficient (Wildman–Crippen LogP) is 4.83. The Hall–Kier alpha value is -4.33. The number of rotatable bonds is 9. The molecule has 4 heterocycles. The van der Waals surface area contributed by atoms with Gasteiger partial charge >= 0.3 is 5.97 Å². The highest BCUT2D eigenvalue weighted by Gasteiger charge is 2.57. The SMILES string of the molecule is COC(=O)c1ccc2nc(CN3C[C@@H]4C(c5cccc(OCc6ccc(C#N)cc6F)n5)[C@@H]4C3)n(CC3CCCO3)c2c1. The van der Waals surface area contributed by atoms with Gasteiger partial charge in [0.05, 0.1) is 54.5 Å². The average Bonchev–Trinajstić information content (AvgIpc) is 3.42. The molecule has 0 spiro atoms. The van der Waals surface area contributed by atoms with Gasteiger partial charge in [-0.05, 0) is 61.1 Å². The van der Waals surface area contributed by atoms with Crippen LogP contribution in [0.1, 0.15) is 51.8 Å². The van der Waals surface area contributed by atoms with Crippen molar-refractivity contribution < 1.29 is 23.4 Å². The third-order valence-corrected chi connectivity index (χ3v) is 8.94. The number of piperidine rings is 1. The zero-order valence-corrected chi connectivity index (χ0v) is 23.9. The van der Waals surface area contributed by atoms with Crippen LogP contribution in [-0.4, -0.2) is 58.3 Å². The number of nitrogens with zero attached hydrogens (tertiary/aromatic N) is 5. The van der Waals surface area contributed by atoms with E-state index in [0.717, 1.165) is 61.6 Å². The number of aromatic nitrogens is 3. The zero-order valence-electron chi connectivity index (χ0n) is 23.9. The van der Waals surface area contributed by atoms with E-state index in [9.17, 15) is 9.18 Å². The van der Waals surface area contributed by atoms with Crippen molar-refractivity contribution in [2.24, 2.45) is 11.8 Å². The first-order valence-electron chi connectivity index (χ1n) is 14.7. The number of carbonyl (C=O) groups excluding carboxylic acids is 1. The number of likely N-dealkylation sites (tertiary alicyclic amines) is 1. The van der Waals surface area contributed by atoms with E-state index in [2.05, 4.69) is 9.47 Å². The number of fused-ring (bicyclic) bond motifs is 2. The highest BCUT2D eigenvalue weighted by molar-refractivity contribution is 5.93. The standard InChI is InChI=1S/C33H32FN5O4/c1-41-33(40)21-9-10-27-29(13-21)39(15-23-4-3-11-42-23)30(36-27)18-38-16-24-25(17-38)32(24)28-5-2-6-31(37-28)43-19-22-8-7-20(14-35)12-26(22)34/h2,5-10,12-13,23-25,32H,3-4,11,15-19H2,1H3/t23?,24-,25+,32?. The van der Waals surface area contributed by atoms with Crippen LogP contribution < -0.4 is 4.74 Å². The van der Waals surface area contributed by atoms with Crippen LogP contribution in [0.5, 0.6) is 5.88 Å². The Bertz CT molecular complexity index is 1710. The summed E-state index contributed by atoms with van der Waals surface area (Å²) in [5.74, 6) is 2.04. The quantitative estimate of drug-likeness (QED) is 0.259. The van der Waals surface area contributed by atoms with Gasteiger partial charge in [-0.3, -0.25) is 4.90 Å². The molecule has 0 radical (unpaired) electrons. The molecular formula is C33H32FN5O4. The molecule has 43 heavy (non-hydrogen) atoms. The number of carbonyl (C=O) groups is 1. The minimum Gasteiger partial charge on any atom is -0.473 e. The number of imidazole rings is 1. The number of ether oxygens (including phenoxy) is 3. The van der Waals surface area contributed by atoms with Crippen LogP contribution in [-0.2, 0) is 29.2 Å². The Kier molecular flexibility index (Phi) is 7.29. The molecule has 4 aromatic rings. The molecular weight excluding hydrogens is 549 g/mol. The van der Waals surface area contributed by atoms with Crippen molar-refractivity contribution >= 4 is 17.0 Å². The number of pyridine rings is 1. The molecule has 2 aliphatic heterocycles. The Balaban J connectivity index is 1.02. The number of nitriles is 1. The van der Waals surface area contributed by atoms with Gasteiger partial charge in [-0.25, -0.2) is 19.2 Å². The van der Waals surface area contributed by atoms with E-state index >= 15 is 0 Å². The van der Waals surface area contributed by atoms with E-state index in [1.807, 2.05) is 30.3 Å². The van der Waals surface area contributed by atoms with E-state index < -0.39 is 5.82 Å². The molecule has 0 amide bonds. The highest BCUT2D eigenvalue weighted by Crippen LogP contribution is 2.58. The van der Waals surface area contributed by atoms with Gasteiger partial charge in [-0.2, -0.15) is 5.26 Å². The molecule has 9 nitrogen and oxygen atoms in total. The lowest BCUT2D eigenvalue weighted by atomic mass is 10.1. The molecule has 2 saturated heterocycles. The first-order chi connectivity index (χ1) is 21.0. The van der Waals surface area contributed by atoms with Crippen molar-refractivity contribution in [3.63, 3.8) is 0 Å². The molecule has 1 aliphatic carbocycles. The van der Waals surface area contributed by atoms with Crippen molar-refractivity contribution in [3.05, 3.63) is 88.6 Å². The summed E-state index contributed by atoms with van der Waals surface area (Å²) in [5.41, 5.74) is 3.98. The smallest absolute Gasteiger partial charge is 0.337 e. The lowest BCUT2D eigenvalue weighted by Crippen LogP contribution is -2.27. The summed E-state index contributed by atoms with van der Waals surface area (Å²) in [6.07, 6.45) is 2.22. The molecule has 3 aliphatic rings. The predicted molar refractivity (Wildman–Crippen MR) is 155 cm³/mol. The Morgan fingerprint density at radius 3 is 2.74 bits per heavy atom. The number of methoxy groups -OCH3 is 1. The van der Waals surface area contributed by atoms with Crippen LogP contribution in [0.3, 0.4) is 0 Å². The second kappa shape index (κ2) is 11.4. The fourth-order valence-electron chi connectivity index (χ4n) is 6.70. The third-order valence-electron chi connectivity index (χ3n) is 8.94. The minimum atomic E-state index is -0.458. The fraction of sp³-hybridized carbons (Fsp3) is 0.394. The molecule has 3 fully saturated rings. The third kappa shape index (κ3) is 5.46. The van der Waals surface area contributed by atoms with Crippen LogP contribution in [0.15, 0.2) is 54.6 Å². The summed E-state index contributed by atoms with van der Waals surface area (Å²) < 4.78 is 33.2. The number of hydrogen-bond donors (Lipinski definition) is 0. The topological polar surface area (TPSA) is 102 Å². The summed E-state index contributed by atoms with van der Waals surface area (Å²) >= 11 is 0. The average molecular weight is 582 g/mol. The number of halogens is 1. The first-order valence-corrected chi connectivity index (χ1v) is 14.7. The monoisotopic (exact) mass is 581 g/mol. The second-order valence-electron chi connectivity index (χ2n) is 11.6. The van der Waals surface area contributed by atoms with E-state index in [0.29, 0.717) is 41.3 Å². The molecule has 7 rings (SSSR count). The van der Waals surface area contributed by atoms with Gasteiger partial charge in [-0.1, -0.05) is 12.1 Å². The van der Waals surface area contributed by atoms with E-state index in [1.165, 1.54) is 13.2 Å². The summed E-state index contributed by atoms with van der Waals surface area (Å²) in [5, 5.41) is 8.95. The Morgan fingerprint density at radius 1 is 1.14 bits per heavy atom. The van der Waals surface area contributed by atoms with Crippen molar-refractivity contribution in [1.29, 1.82) is 5.26 Å². The molecule has 2 aromatic carbocycles. The molecule has 0 N–H and O–H groups in total. The zero-order chi connectivity index (χ0) is 29.5. The van der Waals surface area contributed by atoms with Crippen LogP contribution in [0, 0.1) is 29.0 Å². The van der Waals surface area contributed by atoms with E-state index in [-0.39, 0.29) is 24.2 Å². The van der Waals surface area contributed by atoms with Gasteiger partial charge in [0.25, 0.3) is 0 Å². The van der Waals surface area contributed by atoms with Gasteiger partial charge in [0.15, 0.2) is 0 Å². The van der Waals surface area contributed by atoms with Crippen molar-refractivity contribution in [3.8, 4) is 11.9 Å².